The maximum atomic E-state index is 9.77. The topological polar surface area (TPSA) is 44.0 Å². The molecule has 2 nitrogen and oxygen atoms in total. The monoisotopic (exact) mass is 209 g/mol. The summed E-state index contributed by atoms with van der Waals surface area (Å²) in [7, 11) is 0. The summed E-state index contributed by atoms with van der Waals surface area (Å²) >= 11 is 0. The molecule has 0 heterocycles. The van der Waals surface area contributed by atoms with Crippen LogP contribution in [0.2, 0.25) is 0 Å². The zero-order valence-corrected chi connectivity index (χ0v) is 8.72. The quantitative estimate of drug-likeness (QED) is 0.822. The summed E-state index contributed by atoms with van der Waals surface area (Å²) < 4.78 is 0. The number of hydrogen-bond acceptors (Lipinski definition) is 2. The van der Waals surface area contributed by atoms with Crippen LogP contribution in [0.3, 0.4) is 0 Å². The second kappa shape index (κ2) is 4.50. The van der Waals surface area contributed by atoms with E-state index in [9.17, 15) is 5.11 Å². The van der Waals surface area contributed by atoms with Gasteiger partial charge < -0.3 is 5.11 Å². The van der Waals surface area contributed by atoms with Gasteiger partial charge in [0.25, 0.3) is 0 Å². The Morgan fingerprint density at radius 2 is 2.00 bits per heavy atom. The number of benzene rings is 2. The minimum absolute atomic E-state index is 0.243. The van der Waals surface area contributed by atoms with Gasteiger partial charge in [0.1, 0.15) is 5.75 Å². The maximum absolute atomic E-state index is 9.77. The van der Waals surface area contributed by atoms with Gasteiger partial charge >= 0.3 is 0 Å². The van der Waals surface area contributed by atoms with E-state index in [4.69, 9.17) is 5.26 Å². The molecule has 0 unspecified atom stereocenters. The predicted molar refractivity (Wildman–Crippen MR) is 64.9 cm³/mol. The Hall–Kier alpha value is -2.27. The summed E-state index contributed by atoms with van der Waals surface area (Å²) in [6, 6.07) is 13.4. The Kier molecular flexibility index (Phi) is 2.88. The normalized spacial score (nSPS) is 10.7. The lowest BCUT2D eigenvalue weighted by Gasteiger charge is -2.04. The summed E-state index contributed by atoms with van der Waals surface area (Å²) in [5.41, 5.74) is 0.772. The van der Waals surface area contributed by atoms with Gasteiger partial charge in [-0.15, -0.1) is 0 Å². The first kappa shape index (κ1) is 10.3. The Balaban J connectivity index is 2.58. The summed E-state index contributed by atoms with van der Waals surface area (Å²) in [6.45, 7) is 0. The smallest absolute Gasteiger partial charge is 0.123 e. The van der Waals surface area contributed by atoms with Crippen LogP contribution >= 0.6 is 0 Å². The van der Waals surface area contributed by atoms with E-state index in [0.717, 1.165) is 16.3 Å². The molecule has 0 radical (unpaired) electrons. The third kappa shape index (κ3) is 1.89. The predicted octanol–water partition coefficient (Wildman–Crippen LogP) is 3.47. The molecule has 0 aliphatic rings. The van der Waals surface area contributed by atoms with Crippen molar-refractivity contribution in [1.82, 2.24) is 0 Å². The Labute approximate surface area is 94.1 Å². The van der Waals surface area contributed by atoms with Crippen molar-refractivity contribution in [2.24, 2.45) is 0 Å². The van der Waals surface area contributed by atoms with Crippen molar-refractivity contribution in [2.45, 2.75) is 6.42 Å². The number of phenols is 1. The third-order valence-electron chi connectivity index (χ3n) is 2.44. The lowest BCUT2D eigenvalue weighted by molar-refractivity contribution is 0.475. The molecular weight excluding hydrogens is 198 g/mol. The fourth-order valence-corrected chi connectivity index (χ4v) is 1.69. The van der Waals surface area contributed by atoms with E-state index in [0.29, 0.717) is 6.42 Å². The molecule has 1 N–H and O–H groups in total. The molecule has 0 aromatic heterocycles. The van der Waals surface area contributed by atoms with Crippen molar-refractivity contribution in [1.29, 1.82) is 5.26 Å². The molecule has 0 aliphatic carbocycles. The van der Waals surface area contributed by atoms with Gasteiger partial charge in [0, 0.05) is 5.56 Å². The number of phenolic OH excluding ortho intramolecular Hbond substituents is 1. The fraction of sp³-hybridized carbons (Fsp3) is 0.0714. The van der Waals surface area contributed by atoms with Crippen LogP contribution in [0, 0.1) is 11.3 Å². The van der Waals surface area contributed by atoms with Crippen LogP contribution in [0.1, 0.15) is 12.0 Å². The van der Waals surface area contributed by atoms with Gasteiger partial charge in [-0.3, -0.25) is 0 Å². The highest BCUT2D eigenvalue weighted by Gasteiger charge is 2.02. The molecule has 16 heavy (non-hydrogen) atoms. The number of fused-ring (bicyclic) bond motifs is 1. The minimum atomic E-state index is 0.243. The van der Waals surface area contributed by atoms with Crippen molar-refractivity contribution < 1.29 is 5.11 Å². The van der Waals surface area contributed by atoms with Gasteiger partial charge in [-0.2, -0.15) is 5.26 Å². The molecule has 0 saturated heterocycles. The third-order valence-corrected chi connectivity index (χ3v) is 2.44. The molecule has 78 valence electrons. The van der Waals surface area contributed by atoms with Crippen LogP contribution in [-0.2, 0) is 0 Å². The van der Waals surface area contributed by atoms with E-state index in [2.05, 4.69) is 0 Å². The van der Waals surface area contributed by atoms with Crippen molar-refractivity contribution in [2.75, 3.05) is 0 Å². The van der Waals surface area contributed by atoms with Crippen LogP contribution in [0.5, 0.6) is 5.75 Å². The van der Waals surface area contributed by atoms with Crippen molar-refractivity contribution >= 4 is 16.8 Å². The van der Waals surface area contributed by atoms with Crippen molar-refractivity contribution in [3.05, 3.63) is 48.0 Å². The molecule has 0 aliphatic heterocycles. The average molecular weight is 209 g/mol. The van der Waals surface area contributed by atoms with Crippen LogP contribution in [0.25, 0.3) is 16.8 Å². The summed E-state index contributed by atoms with van der Waals surface area (Å²) in [5, 5.41) is 20.3. The Morgan fingerprint density at radius 3 is 2.81 bits per heavy atom. The zero-order valence-electron chi connectivity index (χ0n) is 8.72. The van der Waals surface area contributed by atoms with E-state index in [1.807, 2.05) is 36.4 Å². The Bertz CT molecular complexity index is 579. The van der Waals surface area contributed by atoms with E-state index in [-0.39, 0.29) is 5.75 Å². The molecule has 0 atom stereocenters. The van der Waals surface area contributed by atoms with Gasteiger partial charge in [-0.25, -0.2) is 0 Å². The lowest BCUT2D eigenvalue weighted by Crippen LogP contribution is -1.79. The van der Waals surface area contributed by atoms with Crippen LogP contribution in [0.15, 0.2) is 42.5 Å². The second-order valence-corrected chi connectivity index (χ2v) is 3.48. The molecule has 2 heteroatoms. The standard InChI is InChI=1S/C14H11NO/c15-10-4-3-7-13-12-6-2-1-5-11(12)8-9-14(13)16/h1-3,5-9,16H,4H2. The molecular formula is C14H11NO. The number of rotatable bonds is 2. The zero-order chi connectivity index (χ0) is 11.4. The van der Waals surface area contributed by atoms with Gasteiger partial charge in [0.15, 0.2) is 0 Å². The first-order chi connectivity index (χ1) is 7.83. The summed E-state index contributed by atoms with van der Waals surface area (Å²) in [6.07, 6.45) is 3.89. The molecule has 0 fully saturated rings. The van der Waals surface area contributed by atoms with Gasteiger partial charge in [0.05, 0.1) is 12.5 Å². The van der Waals surface area contributed by atoms with E-state index < -0.39 is 0 Å². The van der Waals surface area contributed by atoms with Crippen LogP contribution in [0.4, 0.5) is 0 Å². The first-order valence-electron chi connectivity index (χ1n) is 5.07. The highest BCUT2D eigenvalue weighted by molar-refractivity contribution is 5.92. The lowest BCUT2D eigenvalue weighted by atomic mass is 10.0. The number of nitriles is 1. The number of hydrogen-bond donors (Lipinski definition) is 1. The van der Waals surface area contributed by atoms with Crippen molar-refractivity contribution in [3.8, 4) is 11.8 Å². The summed E-state index contributed by atoms with van der Waals surface area (Å²) in [5.74, 6) is 0.243. The van der Waals surface area contributed by atoms with Gasteiger partial charge in [0.2, 0.25) is 0 Å². The van der Waals surface area contributed by atoms with E-state index >= 15 is 0 Å². The molecule has 0 bridgehead atoms. The number of nitrogens with zero attached hydrogens (tertiary/aromatic N) is 1. The number of allylic oxidation sites excluding steroid dienone is 1. The molecule has 2 aromatic carbocycles. The van der Waals surface area contributed by atoms with Crippen LogP contribution < -0.4 is 0 Å². The molecule has 0 spiro atoms. The molecule has 0 amide bonds. The molecule has 0 saturated carbocycles. The minimum Gasteiger partial charge on any atom is -0.507 e. The van der Waals surface area contributed by atoms with E-state index in [1.54, 1.807) is 18.2 Å². The second-order valence-electron chi connectivity index (χ2n) is 3.48. The largest absolute Gasteiger partial charge is 0.507 e. The average Bonchev–Trinajstić information content (AvgIpc) is 2.32. The highest BCUT2D eigenvalue weighted by atomic mass is 16.3. The summed E-state index contributed by atoms with van der Waals surface area (Å²) in [4.78, 5) is 0. The van der Waals surface area contributed by atoms with Gasteiger partial charge in [-0.05, 0) is 16.8 Å². The highest BCUT2D eigenvalue weighted by Crippen LogP contribution is 2.28. The maximum Gasteiger partial charge on any atom is 0.123 e. The first-order valence-corrected chi connectivity index (χ1v) is 5.07. The molecule has 2 aromatic rings. The molecule has 2 rings (SSSR count). The van der Waals surface area contributed by atoms with Crippen LogP contribution in [-0.4, -0.2) is 5.11 Å². The van der Waals surface area contributed by atoms with Crippen molar-refractivity contribution in [3.63, 3.8) is 0 Å². The van der Waals surface area contributed by atoms with E-state index in [1.165, 1.54) is 0 Å². The number of aromatic hydroxyl groups is 1. The Morgan fingerprint density at radius 1 is 1.19 bits per heavy atom. The fourth-order valence-electron chi connectivity index (χ4n) is 1.69. The van der Waals surface area contributed by atoms with Gasteiger partial charge in [-0.1, -0.05) is 42.5 Å². The SMILES string of the molecule is N#CCC=Cc1c(O)ccc2ccccc12.